The minimum Gasteiger partial charge on any atom is -0.337 e. The van der Waals surface area contributed by atoms with Gasteiger partial charge in [-0.25, -0.2) is 13.2 Å². The summed E-state index contributed by atoms with van der Waals surface area (Å²) in [4.78, 5) is 12.5. The normalized spacial score (nSPS) is 38.6. The van der Waals surface area contributed by atoms with Crippen molar-refractivity contribution in [2.45, 2.75) is 74.0 Å². The fraction of sp³-hybridized carbons (Fsp3) is 0.708. The SMILES string of the molecule is O=C(NCC1CCCCN1S(=O)(=O)c1cccc(C(F)(F)F)c1)NC12C[C@H]3CC4C[C@@H](C1)C32C4. The quantitative estimate of drug-likeness (QED) is 0.642. The highest BCUT2D eigenvalue weighted by Crippen LogP contribution is 2.82. The van der Waals surface area contributed by atoms with Crippen LogP contribution < -0.4 is 10.6 Å². The lowest BCUT2D eigenvalue weighted by Crippen LogP contribution is -2.80. The molecular formula is C24H30F3N3O3S. The number of carbonyl (C=O) groups excluding carboxylic acids is 1. The zero-order valence-corrected chi connectivity index (χ0v) is 19.7. The molecule has 6 rings (SSSR count). The fourth-order valence-electron chi connectivity index (χ4n) is 8.34. The molecule has 6 nitrogen and oxygen atoms in total. The third-order valence-corrected chi connectivity index (χ3v) is 11.5. The van der Waals surface area contributed by atoms with Crippen LogP contribution in [0, 0.1) is 23.2 Å². The molecule has 1 aromatic carbocycles. The molecule has 5 fully saturated rings. The number of sulfonamides is 1. The number of piperidine rings is 1. The molecule has 1 spiro atoms. The first-order chi connectivity index (χ1) is 16.1. The van der Waals surface area contributed by atoms with Gasteiger partial charge in [-0.1, -0.05) is 12.5 Å². The Labute approximate surface area is 197 Å². The maximum Gasteiger partial charge on any atom is 0.416 e. The third-order valence-electron chi connectivity index (χ3n) is 9.59. The molecule has 0 radical (unpaired) electrons. The number of carbonyl (C=O) groups is 1. The van der Waals surface area contributed by atoms with Gasteiger partial charge in [0.1, 0.15) is 0 Å². The van der Waals surface area contributed by atoms with Crippen molar-refractivity contribution in [3.05, 3.63) is 29.8 Å². The minimum absolute atomic E-state index is 0.0893. The van der Waals surface area contributed by atoms with Gasteiger partial charge in [-0.3, -0.25) is 0 Å². The monoisotopic (exact) mass is 497 g/mol. The molecule has 10 heteroatoms. The number of amides is 2. The van der Waals surface area contributed by atoms with E-state index in [1.54, 1.807) is 0 Å². The zero-order chi connectivity index (χ0) is 23.9. The standard InChI is InChI=1S/C24H30F3N3O3S/c25-24(26,27)16-4-3-6-20(10-16)34(32,33)30-7-2-1-5-19(30)14-28-21(31)29-22-12-17-8-15-9-18(13-22)23(17,22)11-15/h3-4,6,10,15,17-19H,1-2,5,7-9,11-14H2,(H2,28,29,31)/t15?,17-,18+,19?,22?,23?. The minimum atomic E-state index is -4.62. The highest BCUT2D eigenvalue weighted by molar-refractivity contribution is 7.89. The van der Waals surface area contributed by atoms with Crippen molar-refractivity contribution in [1.29, 1.82) is 0 Å². The average Bonchev–Trinajstić information content (AvgIpc) is 3.31. The zero-order valence-electron chi connectivity index (χ0n) is 18.9. The number of benzene rings is 1. The number of hydrogen-bond acceptors (Lipinski definition) is 3. The van der Waals surface area contributed by atoms with E-state index in [9.17, 15) is 26.4 Å². The average molecular weight is 498 g/mol. The lowest BCUT2D eigenvalue weighted by atomic mass is 9.34. The Hall–Kier alpha value is -1.81. The maximum absolute atomic E-state index is 13.3. The Bertz CT molecular complexity index is 1110. The molecule has 186 valence electrons. The topological polar surface area (TPSA) is 78.5 Å². The summed E-state index contributed by atoms with van der Waals surface area (Å²) in [5, 5.41) is 6.14. The first kappa shape index (κ1) is 22.6. The summed E-state index contributed by atoms with van der Waals surface area (Å²) in [6, 6.07) is 3.13. The lowest BCUT2D eigenvalue weighted by molar-refractivity contribution is -0.208. The van der Waals surface area contributed by atoms with Crippen molar-refractivity contribution in [2.24, 2.45) is 23.2 Å². The van der Waals surface area contributed by atoms with Crippen molar-refractivity contribution in [1.82, 2.24) is 14.9 Å². The smallest absolute Gasteiger partial charge is 0.337 e. The summed E-state index contributed by atoms with van der Waals surface area (Å²) in [6.45, 7) is 0.368. The Balaban J connectivity index is 1.13. The van der Waals surface area contributed by atoms with E-state index in [1.165, 1.54) is 29.6 Å². The fourth-order valence-corrected chi connectivity index (χ4v) is 10.1. The van der Waals surface area contributed by atoms with E-state index in [0.29, 0.717) is 24.3 Å². The molecule has 34 heavy (non-hydrogen) atoms. The Morgan fingerprint density at radius 1 is 1.12 bits per heavy atom. The predicted octanol–water partition coefficient (Wildman–Crippen LogP) is 4.13. The van der Waals surface area contributed by atoms with Crippen LogP contribution in [-0.4, -0.2) is 43.4 Å². The Morgan fingerprint density at radius 3 is 2.53 bits per heavy atom. The number of urea groups is 1. The number of nitrogens with one attached hydrogen (secondary N) is 2. The highest BCUT2D eigenvalue weighted by atomic mass is 32.2. The molecule has 4 aliphatic carbocycles. The van der Waals surface area contributed by atoms with E-state index in [0.717, 1.165) is 49.1 Å². The molecule has 0 aromatic heterocycles. The molecular weight excluding hydrogens is 467 g/mol. The molecule has 2 bridgehead atoms. The van der Waals surface area contributed by atoms with E-state index in [2.05, 4.69) is 10.6 Å². The molecule has 1 aliphatic heterocycles. The van der Waals surface area contributed by atoms with Gasteiger partial charge in [0.2, 0.25) is 10.0 Å². The maximum atomic E-state index is 13.3. The van der Waals surface area contributed by atoms with Gasteiger partial charge in [0, 0.05) is 24.7 Å². The highest BCUT2D eigenvalue weighted by Gasteiger charge is 2.81. The van der Waals surface area contributed by atoms with E-state index in [-0.39, 0.29) is 29.6 Å². The summed E-state index contributed by atoms with van der Waals surface area (Å²) in [6.07, 6.45) is 3.30. The number of rotatable bonds is 5. The molecule has 5 aliphatic rings. The summed E-state index contributed by atoms with van der Waals surface area (Å²) in [5.74, 6) is 2.31. The Morgan fingerprint density at radius 2 is 1.85 bits per heavy atom. The lowest BCUT2D eigenvalue weighted by Gasteiger charge is -2.74. The second kappa shape index (κ2) is 7.35. The number of halogens is 3. The number of fused-ring (bicyclic) bond motifs is 1. The Kier molecular flexibility index (Phi) is 4.89. The number of nitrogens with zero attached hydrogens (tertiary/aromatic N) is 1. The second-order valence-corrected chi connectivity index (χ2v) is 13.0. The van der Waals surface area contributed by atoms with Gasteiger partial charge in [0.25, 0.3) is 0 Å². The molecule has 4 saturated carbocycles. The first-order valence-corrected chi connectivity index (χ1v) is 13.7. The van der Waals surface area contributed by atoms with Crippen LogP contribution in [0.3, 0.4) is 0 Å². The van der Waals surface area contributed by atoms with Gasteiger partial charge in [-0.15, -0.1) is 0 Å². The largest absolute Gasteiger partial charge is 0.416 e. The third kappa shape index (κ3) is 3.09. The van der Waals surface area contributed by atoms with Gasteiger partial charge >= 0.3 is 12.2 Å². The number of hydrogen-bond donors (Lipinski definition) is 2. The van der Waals surface area contributed by atoms with Crippen LogP contribution in [0.1, 0.15) is 56.9 Å². The molecule has 1 aromatic rings. The summed E-state index contributed by atoms with van der Waals surface area (Å²) >= 11 is 0. The first-order valence-electron chi connectivity index (χ1n) is 12.3. The number of alkyl halides is 3. The van der Waals surface area contributed by atoms with Gasteiger partial charge in [0.15, 0.2) is 0 Å². The van der Waals surface area contributed by atoms with Crippen LogP contribution in [0.2, 0.25) is 0 Å². The second-order valence-electron chi connectivity index (χ2n) is 11.1. The predicted molar refractivity (Wildman–Crippen MR) is 118 cm³/mol. The molecule has 1 saturated heterocycles. The molecule has 1 heterocycles. The van der Waals surface area contributed by atoms with E-state index in [1.807, 2.05) is 0 Å². The molecule has 4 unspecified atom stereocenters. The van der Waals surface area contributed by atoms with Crippen LogP contribution in [0.25, 0.3) is 0 Å². The van der Waals surface area contributed by atoms with Crippen LogP contribution in [-0.2, 0) is 16.2 Å². The summed E-state index contributed by atoms with van der Waals surface area (Å²) < 4.78 is 67.2. The van der Waals surface area contributed by atoms with Gasteiger partial charge in [-0.05, 0) is 86.3 Å². The summed E-state index contributed by atoms with van der Waals surface area (Å²) in [5.41, 5.74) is -0.774. The summed E-state index contributed by atoms with van der Waals surface area (Å²) in [7, 11) is -4.12. The molecule has 2 N–H and O–H groups in total. The van der Waals surface area contributed by atoms with Crippen molar-refractivity contribution in [3.8, 4) is 0 Å². The van der Waals surface area contributed by atoms with E-state index >= 15 is 0 Å². The van der Waals surface area contributed by atoms with Crippen LogP contribution in [0.15, 0.2) is 29.2 Å². The molecule has 2 amide bonds. The van der Waals surface area contributed by atoms with Crippen molar-refractivity contribution in [3.63, 3.8) is 0 Å². The van der Waals surface area contributed by atoms with E-state index in [4.69, 9.17) is 0 Å². The van der Waals surface area contributed by atoms with Crippen molar-refractivity contribution >= 4 is 16.1 Å². The van der Waals surface area contributed by atoms with Gasteiger partial charge in [-0.2, -0.15) is 17.5 Å². The van der Waals surface area contributed by atoms with Gasteiger partial charge < -0.3 is 10.6 Å². The van der Waals surface area contributed by atoms with Crippen LogP contribution >= 0.6 is 0 Å². The van der Waals surface area contributed by atoms with Crippen molar-refractivity contribution < 1.29 is 26.4 Å². The van der Waals surface area contributed by atoms with Crippen molar-refractivity contribution in [2.75, 3.05) is 13.1 Å². The van der Waals surface area contributed by atoms with Crippen LogP contribution in [0.5, 0.6) is 0 Å². The van der Waals surface area contributed by atoms with E-state index < -0.39 is 27.8 Å². The molecule has 6 atom stereocenters. The van der Waals surface area contributed by atoms with Crippen LogP contribution in [0.4, 0.5) is 18.0 Å². The van der Waals surface area contributed by atoms with Gasteiger partial charge in [0.05, 0.1) is 10.5 Å².